The Bertz CT molecular complexity index is 959. The lowest BCUT2D eigenvalue weighted by molar-refractivity contribution is -0.120. The first-order chi connectivity index (χ1) is 13.8. The Labute approximate surface area is 184 Å². The second-order valence-electron chi connectivity index (χ2n) is 5.65. The minimum atomic E-state index is -0.606. The van der Waals surface area contributed by atoms with Crippen LogP contribution in [-0.2, 0) is 9.59 Å². The highest BCUT2D eigenvalue weighted by Gasteiger charge is 2.13. The highest BCUT2D eigenvalue weighted by molar-refractivity contribution is 9.11. The number of anilines is 1. The largest absolute Gasteiger partial charge is 0.494 e. The molecule has 150 valence electrons. The van der Waals surface area contributed by atoms with Crippen molar-refractivity contribution in [1.82, 2.24) is 0 Å². The zero-order valence-corrected chi connectivity index (χ0v) is 18.5. The van der Waals surface area contributed by atoms with Crippen LogP contribution in [0.15, 0.2) is 50.9 Å². The number of amides is 2. The number of rotatable bonds is 8. The van der Waals surface area contributed by atoms with E-state index in [1.807, 2.05) is 13.0 Å². The van der Waals surface area contributed by atoms with E-state index in [9.17, 15) is 14.9 Å². The van der Waals surface area contributed by atoms with Gasteiger partial charge in [0.15, 0.2) is 6.61 Å². The van der Waals surface area contributed by atoms with Crippen LogP contribution in [0.5, 0.6) is 11.5 Å². The first-order valence-corrected chi connectivity index (χ1v) is 9.98. The maximum absolute atomic E-state index is 12.4. The van der Waals surface area contributed by atoms with Crippen LogP contribution in [0, 0.1) is 11.3 Å². The third-order valence-corrected chi connectivity index (χ3v) is 4.66. The SMILES string of the molecule is CCOc1ccc(NC(=O)/C(C#N)=C/c2cc(Br)c(OCC(N)=O)c(Br)c2)cc1. The van der Waals surface area contributed by atoms with Gasteiger partial charge in [0.2, 0.25) is 0 Å². The molecule has 0 unspecified atom stereocenters. The van der Waals surface area contributed by atoms with E-state index in [-0.39, 0.29) is 12.2 Å². The van der Waals surface area contributed by atoms with Crippen LogP contribution in [0.4, 0.5) is 5.69 Å². The minimum absolute atomic E-state index is 0.0801. The first-order valence-electron chi connectivity index (χ1n) is 8.40. The molecule has 0 fully saturated rings. The molecule has 3 N–H and O–H groups in total. The van der Waals surface area contributed by atoms with E-state index in [4.69, 9.17) is 15.2 Å². The van der Waals surface area contributed by atoms with Crippen molar-refractivity contribution >= 4 is 55.4 Å². The van der Waals surface area contributed by atoms with Gasteiger partial charge in [-0.3, -0.25) is 9.59 Å². The molecule has 0 aliphatic carbocycles. The lowest BCUT2D eigenvalue weighted by Crippen LogP contribution is -2.20. The van der Waals surface area contributed by atoms with E-state index >= 15 is 0 Å². The van der Waals surface area contributed by atoms with Gasteiger partial charge in [0.05, 0.1) is 15.6 Å². The number of carbonyl (C=O) groups is 2. The van der Waals surface area contributed by atoms with Crippen LogP contribution in [0.3, 0.4) is 0 Å². The average Bonchev–Trinajstić information content (AvgIpc) is 2.67. The molecule has 2 rings (SSSR count). The third kappa shape index (κ3) is 6.62. The smallest absolute Gasteiger partial charge is 0.266 e. The first kappa shape index (κ1) is 22.5. The number of ether oxygens (including phenoxy) is 2. The normalized spacial score (nSPS) is 10.8. The Balaban J connectivity index is 2.18. The molecule has 0 spiro atoms. The minimum Gasteiger partial charge on any atom is -0.494 e. The van der Waals surface area contributed by atoms with E-state index in [1.165, 1.54) is 6.08 Å². The molecule has 9 heteroatoms. The Morgan fingerprint density at radius 1 is 1.17 bits per heavy atom. The van der Waals surface area contributed by atoms with Gasteiger partial charge in [-0.1, -0.05) is 0 Å². The van der Waals surface area contributed by atoms with E-state index in [2.05, 4.69) is 37.2 Å². The van der Waals surface area contributed by atoms with Crippen LogP contribution < -0.4 is 20.5 Å². The third-order valence-electron chi connectivity index (χ3n) is 3.48. The monoisotopic (exact) mass is 521 g/mol. The van der Waals surface area contributed by atoms with Crippen LogP contribution in [-0.4, -0.2) is 25.0 Å². The van der Waals surface area contributed by atoms with Gasteiger partial charge in [0.25, 0.3) is 11.8 Å². The number of hydrogen-bond donors (Lipinski definition) is 2. The number of nitrogens with one attached hydrogen (secondary N) is 1. The molecule has 0 aliphatic rings. The lowest BCUT2D eigenvalue weighted by Gasteiger charge is -2.10. The number of primary amides is 1. The van der Waals surface area contributed by atoms with Crippen LogP contribution in [0.25, 0.3) is 6.08 Å². The topological polar surface area (TPSA) is 114 Å². The average molecular weight is 523 g/mol. The van der Waals surface area contributed by atoms with Crippen molar-refractivity contribution in [3.8, 4) is 17.6 Å². The summed E-state index contributed by atoms with van der Waals surface area (Å²) in [5.74, 6) is -0.0725. The summed E-state index contributed by atoms with van der Waals surface area (Å²) in [6, 6.07) is 12.0. The van der Waals surface area contributed by atoms with E-state index in [1.54, 1.807) is 36.4 Å². The molecule has 0 aliphatic heterocycles. The Hall–Kier alpha value is -2.83. The fraction of sp³-hybridized carbons (Fsp3) is 0.150. The number of benzene rings is 2. The van der Waals surface area contributed by atoms with E-state index < -0.39 is 11.8 Å². The van der Waals surface area contributed by atoms with Crippen molar-refractivity contribution < 1.29 is 19.1 Å². The van der Waals surface area contributed by atoms with Crippen LogP contribution >= 0.6 is 31.9 Å². The molecule has 0 saturated carbocycles. The van der Waals surface area contributed by atoms with Crippen LogP contribution in [0.2, 0.25) is 0 Å². The molecular weight excluding hydrogens is 506 g/mol. The van der Waals surface area contributed by atoms with Crippen molar-refractivity contribution in [1.29, 1.82) is 5.26 Å². The predicted octanol–water partition coefficient (Wildman–Crippen LogP) is 4.02. The number of halogens is 2. The molecule has 0 atom stereocenters. The van der Waals surface area contributed by atoms with Gasteiger partial charge in [0.1, 0.15) is 23.1 Å². The van der Waals surface area contributed by atoms with Gasteiger partial charge in [-0.2, -0.15) is 5.26 Å². The summed E-state index contributed by atoms with van der Waals surface area (Å²) in [7, 11) is 0. The summed E-state index contributed by atoms with van der Waals surface area (Å²) in [6.07, 6.45) is 1.44. The van der Waals surface area contributed by atoms with Crippen molar-refractivity contribution in [2.45, 2.75) is 6.92 Å². The van der Waals surface area contributed by atoms with Crippen LogP contribution in [0.1, 0.15) is 12.5 Å². The number of nitriles is 1. The van der Waals surface area contributed by atoms with Gasteiger partial charge in [-0.15, -0.1) is 0 Å². The fourth-order valence-corrected chi connectivity index (χ4v) is 3.71. The number of carbonyl (C=O) groups excluding carboxylic acids is 2. The van der Waals surface area contributed by atoms with Gasteiger partial charge < -0.3 is 20.5 Å². The molecule has 2 amide bonds. The number of nitrogens with two attached hydrogens (primary N) is 1. The van der Waals surface area contributed by atoms with Crippen molar-refractivity contribution in [3.05, 3.63) is 56.5 Å². The molecule has 0 bridgehead atoms. The van der Waals surface area contributed by atoms with E-state index in [0.717, 1.165) is 0 Å². The second kappa shape index (κ2) is 10.6. The molecule has 0 heterocycles. The van der Waals surface area contributed by atoms with Crippen molar-refractivity contribution in [2.75, 3.05) is 18.5 Å². The number of hydrogen-bond acceptors (Lipinski definition) is 5. The molecule has 2 aromatic rings. The molecule has 0 saturated heterocycles. The predicted molar refractivity (Wildman–Crippen MR) is 116 cm³/mol. The molecule has 7 nitrogen and oxygen atoms in total. The Morgan fingerprint density at radius 3 is 2.31 bits per heavy atom. The summed E-state index contributed by atoms with van der Waals surface area (Å²) in [5.41, 5.74) is 6.12. The summed E-state index contributed by atoms with van der Waals surface area (Å²) in [5, 5.41) is 12.1. The van der Waals surface area contributed by atoms with Gasteiger partial charge in [0, 0.05) is 5.69 Å². The fourth-order valence-electron chi connectivity index (χ4n) is 2.26. The lowest BCUT2D eigenvalue weighted by atomic mass is 10.1. The summed E-state index contributed by atoms with van der Waals surface area (Å²) < 4.78 is 11.7. The molecule has 29 heavy (non-hydrogen) atoms. The Kier molecular flexibility index (Phi) is 8.24. The highest BCUT2D eigenvalue weighted by Crippen LogP contribution is 2.35. The zero-order chi connectivity index (χ0) is 21.4. The molecule has 2 aromatic carbocycles. The van der Waals surface area contributed by atoms with Gasteiger partial charge >= 0.3 is 0 Å². The molecule has 0 aromatic heterocycles. The Morgan fingerprint density at radius 2 is 1.79 bits per heavy atom. The summed E-state index contributed by atoms with van der Waals surface area (Å²) in [4.78, 5) is 23.3. The maximum Gasteiger partial charge on any atom is 0.266 e. The highest BCUT2D eigenvalue weighted by atomic mass is 79.9. The number of nitrogens with zero attached hydrogens (tertiary/aromatic N) is 1. The summed E-state index contributed by atoms with van der Waals surface area (Å²) >= 11 is 6.68. The summed E-state index contributed by atoms with van der Waals surface area (Å²) in [6.45, 7) is 2.15. The zero-order valence-electron chi connectivity index (χ0n) is 15.4. The van der Waals surface area contributed by atoms with Crippen molar-refractivity contribution in [3.63, 3.8) is 0 Å². The quantitative estimate of drug-likeness (QED) is 0.401. The van der Waals surface area contributed by atoms with Gasteiger partial charge in [-0.05, 0) is 86.8 Å². The maximum atomic E-state index is 12.4. The standard InChI is InChI=1S/C20H17Br2N3O4/c1-2-28-15-5-3-14(4-6-15)25-20(27)13(10-23)7-12-8-16(21)19(17(22)9-12)29-11-18(24)26/h3-9H,2,11H2,1H3,(H2,24,26)(H,25,27)/b13-7+. The second-order valence-corrected chi connectivity index (χ2v) is 7.36. The van der Waals surface area contributed by atoms with E-state index in [0.29, 0.717) is 38.3 Å². The van der Waals surface area contributed by atoms with Crippen molar-refractivity contribution in [2.24, 2.45) is 5.73 Å². The molecular formula is C20H17Br2N3O4. The van der Waals surface area contributed by atoms with Gasteiger partial charge in [-0.25, -0.2) is 0 Å². The molecule has 0 radical (unpaired) electrons.